The molecule has 1 fully saturated rings. The molecule has 0 spiro atoms. The van der Waals surface area contributed by atoms with Gasteiger partial charge in [0.2, 0.25) is 10.0 Å². The Bertz CT molecular complexity index is 1300. The molecule has 2 aromatic carbocycles. The van der Waals surface area contributed by atoms with E-state index in [0.717, 1.165) is 5.69 Å². The number of fused-ring (bicyclic) bond motifs is 1. The van der Waals surface area contributed by atoms with Crippen molar-refractivity contribution in [3.05, 3.63) is 75.6 Å². The number of benzene rings is 2. The average molecular weight is 476 g/mol. The van der Waals surface area contributed by atoms with E-state index in [0.29, 0.717) is 42.2 Å². The van der Waals surface area contributed by atoms with Crippen molar-refractivity contribution in [2.24, 2.45) is 0 Å². The average Bonchev–Trinajstić information content (AvgIpc) is 2.78. The quantitative estimate of drug-likeness (QED) is 0.549. The van der Waals surface area contributed by atoms with Crippen molar-refractivity contribution in [2.75, 3.05) is 43.4 Å². The number of anilines is 1. The van der Waals surface area contributed by atoms with Gasteiger partial charge < -0.3 is 14.6 Å². The maximum absolute atomic E-state index is 12.7. The Morgan fingerprint density at radius 2 is 1.78 bits per heavy atom. The van der Waals surface area contributed by atoms with Gasteiger partial charge in [0.1, 0.15) is 11.1 Å². The van der Waals surface area contributed by atoms with Crippen LogP contribution in [-0.2, 0) is 10.0 Å². The van der Waals surface area contributed by atoms with Crippen LogP contribution in [0.4, 0.5) is 5.69 Å². The molecule has 0 atom stereocenters. The van der Waals surface area contributed by atoms with Crippen molar-refractivity contribution in [3.8, 4) is 0 Å². The summed E-state index contributed by atoms with van der Waals surface area (Å²) in [6.45, 7) is 1.67. The first-order valence-electron chi connectivity index (χ1n) is 10.1. The van der Waals surface area contributed by atoms with E-state index in [1.807, 2.05) is 18.2 Å². The molecule has 0 unspecified atom stereocenters. The lowest BCUT2D eigenvalue weighted by atomic mass is 10.2. The van der Waals surface area contributed by atoms with Crippen molar-refractivity contribution in [1.29, 1.82) is 0 Å². The molecule has 0 radical (unpaired) electrons. The molecular formula is C22H22ClN3O5S. The number of nitrogens with one attached hydrogen (secondary N) is 1. The molecule has 10 heteroatoms. The molecule has 0 bridgehead atoms. The van der Waals surface area contributed by atoms with Crippen LogP contribution < -0.4 is 15.8 Å². The van der Waals surface area contributed by atoms with Gasteiger partial charge in [-0.2, -0.15) is 4.31 Å². The number of hydrogen-bond acceptors (Lipinski definition) is 6. The van der Waals surface area contributed by atoms with Gasteiger partial charge in [0, 0.05) is 48.8 Å². The number of halogens is 1. The molecule has 1 amide bonds. The summed E-state index contributed by atoms with van der Waals surface area (Å²) in [5.74, 6) is -0.917. The SMILES string of the molecule is O=C(NCCS(=O)(=O)N1CCN(c2cccc(Cl)c2)CC1)c1cc2ccccc2oc1=O. The molecule has 0 saturated carbocycles. The number of carbonyl (C=O) groups is 1. The zero-order chi connectivity index (χ0) is 22.7. The maximum atomic E-state index is 12.7. The van der Waals surface area contributed by atoms with Crippen LogP contribution in [0.5, 0.6) is 0 Å². The van der Waals surface area contributed by atoms with Gasteiger partial charge in [-0.15, -0.1) is 0 Å². The Kier molecular flexibility index (Phi) is 6.50. The summed E-state index contributed by atoms with van der Waals surface area (Å²) in [4.78, 5) is 26.6. The zero-order valence-electron chi connectivity index (χ0n) is 17.2. The number of para-hydroxylation sites is 1. The molecule has 1 aliphatic heterocycles. The fraction of sp³-hybridized carbons (Fsp3) is 0.273. The van der Waals surface area contributed by atoms with E-state index in [4.69, 9.17) is 16.0 Å². The van der Waals surface area contributed by atoms with E-state index in [9.17, 15) is 18.0 Å². The fourth-order valence-corrected chi connectivity index (χ4v) is 5.16. The van der Waals surface area contributed by atoms with Crippen LogP contribution in [0.25, 0.3) is 11.0 Å². The minimum Gasteiger partial charge on any atom is -0.422 e. The number of piperazine rings is 1. The number of sulfonamides is 1. The zero-order valence-corrected chi connectivity index (χ0v) is 18.7. The lowest BCUT2D eigenvalue weighted by molar-refractivity contribution is 0.0952. The lowest BCUT2D eigenvalue weighted by Gasteiger charge is -2.35. The summed E-state index contributed by atoms with van der Waals surface area (Å²) in [6, 6.07) is 15.7. The highest BCUT2D eigenvalue weighted by atomic mass is 35.5. The van der Waals surface area contributed by atoms with E-state index in [1.54, 1.807) is 30.3 Å². The van der Waals surface area contributed by atoms with Crippen LogP contribution in [0.3, 0.4) is 0 Å². The van der Waals surface area contributed by atoms with Gasteiger partial charge in [0.05, 0.1) is 5.75 Å². The molecular weight excluding hydrogens is 454 g/mol. The Balaban J connectivity index is 1.32. The first kappa shape index (κ1) is 22.3. The van der Waals surface area contributed by atoms with E-state index in [1.165, 1.54) is 10.4 Å². The van der Waals surface area contributed by atoms with Crippen molar-refractivity contribution >= 4 is 44.2 Å². The smallest absolute Gasteiger partial charge is 0.349 e. The minimum absolute atomic E-state index is 0.109. The summed E-state index contributed by atoms with van der Waals surface area (Å²) >= 11 is 6.04. The largest absolute Gasteiger partial charge is 0.422 e. The van der Waals surface area contributed by atoms with Crippen molar-refractivity contribution in [2.45, 2.75) is 0 Å². The first-order valence-corrected chi connectivity index (χ1v) is 12.1. The number of hydrogen-bond donors (Lipinski definition) is 1. The van der Waals surface area contributed by atoms with Gasteiger partial charge in [0.25, 0.3) is 5.91 Å². The molecule has 32 heavy (non-hydrogen) atoms. The van der Waals surface area contributed by atoms with Crippen molar-refractivity contribution in [1.82, 2.24) is 9.62 Å². The molecule has 168 valence electrons. The monoisotopic (exact) mass is 475 g/mol. The van der Waals surface area contributed by atoms with Crippen LogP contribution in [0.1, 0.15) is 10.4 Å². The second-order valence-corrected chi connectivity index (χ2v) is 9.95. The van der Waals surface area contributed by atoms with Crippen molar-refractivity contribution in [3.63, 3.8) is 0 Å². The molecule has 1 aromatic heterocycles. The predicted molar refractivity (Wildman–Crippen MR) is 124 cm³/mol. The minimum atomic E-state index is -3.56. The highest BCUT2D eigenvalue weighted by Crippen LogP contribution is 2.21. The van der Waals surface area contributed by atoms with E-state index in [2.05, 4.69) is 10.2 Å². The number of carbonyl (C=O) groups excluding carboxylic acids is 1. The molecule has 8 nitrogen and oxygen atoms in total. The summed E-state index contributed by atoms with van der Waals surface area (Å²) < 4.78 is 32.0. The van der Waals surface area contributed by atoms with Gasteiger partial charge in [-0.3, -0.25) is 4.79 Å². The third-order valence-corrected chi connectivity index (χ3v) is 7.44. The second-order valence-electron chi connectivity index (χ2n) is 7.42. The van der Waals surface area contributed by atoms with Crippen LogP contribution in [0.2, 0.25) is 5.02 Å². The molecule has 3 aromatic rings. The van der Waals surface area contributed by atoms with Crippen LogP contribution in [-0.4, -0.2) is 57.1 Å². The summed E-state index contributed by atoms with van der Waals surface area (Å²) in [7, 11) is -3.56. The highest BCUT2D eigenvalue weighted by Gasteiger charge is 2.27. The number of amides is 1. The van der Waals surface area contributed by atoms with E-state index in [-0.39, 0.29) is 17.9 Å². The molecule has 2 heterocycles. The van der Waals surface area contributed by atoms with Crippen LogP contribution in [0, 0.1) is 0 Å². The fourth-order valence-electron chi connectivity index (χ4n) is 3.64. The Morgan fingerprint density at radius 3 is 2.53 bits per heavy atom. The lowest BCUT2D eigenvalue weighted by Crippen LogP contribution is -2.50. The van der Waals surface area contributed by atoms with Gasteiger partial charge in [-0.25, -0.2) is 13.2 Å². The van der Waals surface area contributed by atoms with Crippen molar-refractivity contribution < 1.29 is 17.6 Å². The molecule has 4 rings (SSSR count). The summed E-state index contributed by atoms with van der Waals surface area (Å²) in [5.41, 5.74) is 0.419. The Hall–Kier alpha value is -2.88. The highest BCUT2D eigenvalue weighted by molar-refractivity contribution is 7.89. The van der Waals surface area contributed by atoms with E-state index < -0.39 is 21.6 Å². The number of rotatable bonds is 6. The van der Waals surface area contributed by atoms with E-state index >= 15 is 0 Å². The third kappa shape index (κ3) is 4.95. The van der Waals surface area contributed by atoms with Gasteiger partial charge in [-0.1, -0.05) is 35.9 Å². The molecule has 1 saturated heterocycles. The standard InChI is InChI=1S/C22H22ClN3O5S/c23-17-5-3-6-18(15-17)25-9-11-26(12-10-25)32(29,30)13-8-24-21(27)19-14-16-4-1-2-7-20(16)31-22(19)28/h1-7,14-15H,8-13H2,(H,24,27). The molecule has 1 N–H and O–H groups in total. The Morgan fingerprint density at radius 1 is 1.03 bits per heavy atom. The predicted octanol–water partition coefficient (Wildman–Crippen LogP) is 2.33. The topological polar surface area (TPSA) is 99.9 Å². The normalized spacial score (nSPS) is 15.1. The summed E-state index contributed by atoms with van der Waals surface area (Å²) in [5, 5.41) is 3.76. The van der Waals surface area contributed by atoms with Crippen LogP contribution >= 0.6 is 11.6 Å². The first-order chi connectivity index (χ1) is 15.3. The third-order valence-electron chi connectivity index (χ3n) is 5.34. The molecule has 0 aliphatic carbocycles. The summed E-state index contributed by atoms with van der Waals surface area (Å²) in [6.07, 6.45) is 0. The molecule has 1 aliphatic rings. The van der Waals surface area contributed by atoms with Gasteiger partial charge in [0.15, 0.2) is 0 Å². The number of nitrogens with zero attached hydrogens (tertiary/aromatic N) is 2. The second kappa shape index (κ2) is 9.32. The van der Waals surface area contributed by atoms with Gasteiger partial charge in [-0.05, 0) is 30.3 Å². The Labute approximate surface area is 190 Å². The van der Waals surface area contributed by atoms with Crippen LogP contribution in [0.15, 0.2) is 63.8 Å². The van der Waals surface area contributed by atoms with Gasteiger partial charge >= 0.3 is 5.63 Å². The maximum Gasteiger partial charge on any atom is 0.349 e.